The highest BCUT2D eigenvalue weighted by Gasteiger charge is 1.96. The number of hydrogen-bond acceptors (Lipinski definition) is 4. The van der Waals surface area contributed by atoms with Gasteiger partial charge in [-0.25, -0.2) is 13.8 Å². The van der Waals surface area contributed by atoms with Gasteiger partial charge in [0, 0.05) is 23.0 Å². The van der Waals surface area contributed by atoms with Crippen LogP contribution >= 0.6 is 23.6 Å². The van der Waals surface area contributed by atoms with E-state index in [0.717, 1.165) is 10.8 Å². The summed E-state index contributed by atoms with van der Waals surface area (Å²) in [6, 6.07) is 12.0. The molecule has 0 aliphatic carbocycles. The molecular weight excluding hydrogens is 350 g/mol. The number of aromatic nitrogens is 1. The van der Waals surface area contributed by atoms with Crippen molar-refractivity contribution in [2.75, 3.05) is 10.6 Å². The number of nitrogens with two attached hydrogens (primary N) is 1. The minimum absolute atomic E-state index is 0.177. The average Bonchev–Trinajstić information content (AvgIpc) is 3.05. The van der Waals surface area contributed by atoms with Crippen molar-refractivity contribution in [2.45, 2.75) is 0 Å². The molecule has 0 spiro atoms. The summed E-state index contributed by atoms with van der Waals surface area (Å²) in [4.78, 5) is 4.05. The van der Waals surface area contributed by atoms with E-state index in [0.29, 0.717) is 5.69 Å². The van der Waals surface area contributed by atoms with Crippen LogP contribution in [0.15, 0.2) is 60.1 Å². The zero-order valence-corrected chi connectivity index (χ0v) is 14.0. The van der Waals surface area contributed by atoms with E-state index in [1.807, 2.05) is 5.38 Å². The predicted molar refractivity (Wildman–Crippen MR) is 98.6 cm³/mol. The second-order valence-electron chi connectivity index (χ2n) is 4.47. The lowest BCUT2D eigenvalue weighted by atomic mass is 10.3. The maximum absolute atomic E-state index is 12.5. The van der Waals surface area contributed by atoms with Gasteiger partial charge in [-0.2, -0.15) is 0 Å². The Balaban J connectivity index is 0.000000177. The van der Waals surface area contributed by atoms with Crippen LogP contribution in [0.2, 0.25) is 0 Å². The molecule has 0 radical (unpaired) electrons. The van der Waals surface area contributed by atoms with Gasteiger partial charge in [0.2, 0.25) is 0 Å². The molecule has 0 saturated heterocycles. The van der Waals surface area contributed by atoms with E-state index in [1.54, 1.807) is 30.5 Å². The third kappa shape index (κ3) is 6.27. The fraction of sp³-hybridized carbons (Fsp3) is 0. The first-order chi connectivity index (χ1) is 11.5. The smallest absolute Gasteiger partial charge is 0.187 e. The molecule has 0 fully saturated rings. The van der Waals surface area contributed by atoms with Crippen LogP contribution in [0, 0.1) is 11.6 Å². The van der Waals surface area contributed by atoms with Crippen LogP contribution in [0.3, 0.4) is 0 Å². The van der Waals surface area contributed by atoms with Crippen LogP contribution in [0.4, 0.5) is 25.3 Å². The summed E-state index contributed by atoms with van der Waals surface area (Å²) in [6.07, 6.45) is 1.72. The molecule has 3 aromatic rings. The quantitative estimate of drug-likeness (QED) is 0.597. The van der Waals surface area contributed by atoms with E-state index in [4.69, 9.17) is 5.73 Å². The monoisotopic (exact) mass is 364 g/mol. The Kier molecular flexibility index (Phi) is 6.59. The van der Waals surface area contributed by atoms with Gasteiger partial charge in [0.15, 0.2) is 10.2 Å². The number of nitrogens with zero attached hydrogens (tertiary/aromatic N) is 1. The Bertz CT molecular complexity index is 760. The lowest BCUT2D eigenvalue weighted by molar-refractivity contribution is 0.627. The molecule has 0 aliphatic heterocycles. The molecule has 4 N–H and O–H groups in total. The average molecular weight is 364 g/mol. The third-order valence-corrected chi connectivity index (χ3v) is 3.43. The highest BCUT2D eigenvalue weighted by Crippen LogP contribution is 2.18. The van der Waals surface area contributed by atoms with Crippen molar-refractivity contribution in [2.24, 2.45) is 5.73 Å². The van der Waals surface area contributed by atoms with Crippen molar-refractivity contribution in [1.82, 2.24) is 4.98 Å². The highest BCUT2D eigenvalue weighted by molar-refractivity contribution is 7.80. The molecule has 0 bridgehead atoms. The molecule has 2 aromatic carbocycles. The minimum Gasteiger partial charge on any atom is -0.376 e. The number of thiocarbonyl (C=S) groups is 1. The number of benzene rings is 2. The second-order valence-corrected chi connectivity index (χ2v) is 5.80. The van der Waals surface area contributed by atoms with Gasteiger partial charge >= 0.3 is 0 Å². The Morgan fingerprint density at radius 1 is 0.958 bits per heavy atom. The van der Waals surface area contributed by atoms with Gasteiger partial charge < -0.3 is 16.4 Å². The first kappa shape index (κ1) is 17.8. The zero-order valence-electron chi connectivity index (χ0n) is 12.4. The number of anilines is 3. The maximum Gasteiger partial charge on any atom is 0.187 e. The molecule has 1 heterocycles. The standard InChI is InChI=1S/C9H7FN2S.C7H7FN2S/c10-7-1-3-8(4-2-7)12-9-11-5-6-13-9;8-5-1-3-6(4-2-5)10-7(9)11/h1-6H,(H,11,12);1-4H,(H3,9,10,11). The number of nitrogens with one attached hydrogen (secondary N) is 2. The van der Waals surface area contributed by atoms with Crippen LogP contribution < -0.4 is 16.4 Å². The second kappa shape index (κ2) is 8.90. The lowest BCUT2D eigenvalue weighted by Gasteiger charge is -2.01. The predicted octanol–water partition coefficient (Wildman–Crippen LogP) is 4.51. The molecule has 0 amide bonds. The summed E-state index contributed by atoms with van der Waals surface area (Å²) in [7, 11) is 0. The van der Waals surface area contributed by atoms with Gasteiger partial charge in [-0.1, -0.05) is 0 Å². The van der Waals surface area contributed by atoms with E-state index in [9.17, 15) is 8.78 Å². The Morgan fingerprint density at radius 2 is 1.50 bits per heavy atom. The number of hydrogen-bond donors (Lipinski definition) is 3. The third-order valence-electron chi connectivity index (χ3n) is 2.64. The Morgan fingerprint density at radius 3 is 1.96 bits per heavy atom. The summed E-state index contributed by atoms with van der Waals surface area (Å²) >= 11 is 6.09. The number of rotatable bonds is 3. The van der Waals surface area contributed by atoms with Gasteiger partial charge in [0.25, 0.3) is 0 Å². The van der Waals surface area contributed by atoms with Gasteiger partial charge in [0.05, 0.1) is 0 Å². The molecule has 0 aliphatic rings. The zero-order chi connectivity index (χ0) is 17.4. The largest absolute Gasteiger partial charge is 0.376 e. The van der Waals surface area contributed by atoms with Crippen molar-refractivity contribution in [3.8, 4) is 0 Å². The maximum atomic E-state index is 12.5. The summed E-state index contributed by atoms with van der Waals surface area (Å²) < 4.78 is 24.9. The number of thiazole rings is 1. The topological polar surface area (TPSA) is 63.0 Å². The first-order valence-electron chi connectivity index (χ1n) is 6.77. The Hall–Kier alpha value is -2.58. The molecule has 8 heteroatoms. The molecule has 0 unspecified atom stereocenters. The summed E-state index contributed by atoms with van der Waals surface area (Å²) in [5.74, 6) is -0.511. The fourth-order valence-electron chi connectivity index (χ4n) is 1.62. The molecule has 3 rings (SSSR count). The lowest BCUT2D eigenvalue weighted by Crippen LogP contribution is -2.18. The summed E-state index contributed by atoms with van der Waals surface area (Å²) in [5, 5.41) is 8.60. The van der Waals surface area contributed by atoms with E-state index in [-0.39, 0.29) is 16.7 Å². The Labute approximate surface area is 147 Å². The van der Waals surface area contributed by atoms with Crippen LogP contribution in [-0.4, -0.2) is 10.1 Å². The van der Waals surface area contributed by atoms with Crippen molar-refractivity contribution >= 4 is 45.2 Å². The van der Waals surface area contributed by atoms with Crippen molar-refractivity contribution in [3.05, 3.63) is 71.7 Å². The van der Waals surface area contributed by atoms with Crippen molar-refractivity contribution in [1.29, 1.82) is 0 Å². The fourth-order valence-corrected chi connectivity index (χ4v) is 2.28. The van der Waals surface area contributed by atoms with E-state index in [2.05, 4.69) is 27.8 Å². The molecular formula is C16H14F2N4S2. The molecule has 24 heavy (non-hydrogen) atoms. The van der Waals surface area contributed by atoms with Crippen LogP contribution in [0.5, 0.6) is 0 Å². The van der Waals surface area contributed by atoms with E-state index >= 15 is 0 Å². The molecule has 0 saturated carbocycles. The first-order valence-corrected chi connectivity index (χ1v) is 8.06. The molecule has 1 aromatic heterocycles. The van der Waals surface area contributed by atoms with Gasteiger partial charge in [-0.15, -0.1) is 11.3 Å². The number of halogens is 2. The summed E-state index contributed by atoms with van der Waals surface area (Å²) in [6.45, 7) is 0. The van der Waals surface area contributed by atoms with Gasteiger partial charge in [-0.05, 0) is 60.7 Å². The van der Waals surface area contributed by atoms with Gasteiger partial charge in [0.1, 0.15) is 11.6 Å². The van der Waals surface area contributed by atoms with Crippen molar-refractivity contribution in [3.63, 3.8) is 0 Å². The molecule has 4 nitrogen and oxygen atoms in total. The van der Waals surface area contributed by atoms with Crippen LogP contribution in [0.25, 0.3) is 0 Å². The van der Waals surface area contributed by atoms with E-state index < -0.39 is 0 Å². The molecule has 0 atom stereocenters. The van der Waals surface area contributed by atoms with Crippen LogP contribution in [0.1, 0.15) is 0 Å². The van der Waals surface area contributed by atoms with Crippen LogP contribution in [-0.2, 0) is 0 Å². The SMILES string of the molecule is Fc1ccc(Nc2nccs2)cc1.NC(=S)Nc1ccc(F)cc1. The van der Waals surface area contributed by atoms with Crippen molar-refractivity contribution < 1.29 is 8.78 Å². The normalized spacial score (nSPS) is 9.58. The highest BCUT2D eigenvalue weighted by atomic mass is 32.1. The van der Waals surface area contributed by atoms with Gasteiger partial charge in [-0.3, -0.25) is 0 Å². The minimum atomic E-state index is -0.279. The van der Waals surface area contributed by atoms with E-state index in [1.165, 1.54) is 35.6 Å². The summed E-state index contributed by atoms with van der Waals surface area (Å²) in [5.41, 5.74) is 6.73. The molecule has 124 valence electrons.